The highest BCUT2D eigenvalue weighted by molar-refractivity contribution is 6.30. The number of fused-ring (bicyclic) bond motifs is 3. The average Bonchev–Trinajstić information content (AvgIpc) is 2.94. The molecule has 1 unspecified atom stereocenters. The van der Waals surface area contributed by atoms with E-state index in [2.05, 4.69) is 21.2 Å². The highest BCUT2D eigenvalue weighted by Gasteiger charge is 2.31. The Bertz CT molecular complexity index is 966. The molecule has 0 fully saturated rings. The van der Waals surface area contributed by atoms with E-state index in [1.54, 1.807) is 0 Å². The molecule has 0 saturated carbocycles. The minimum absolute atomic E-state index is 0.170. The summed E-state index contributed by atoms with van der Waals surface area (Å²) in [6, 6.07) is 15.7. The second-order valence-electron chi connectivity index (χ2n) is 6.38. The number of para-hydroxylation sites is 2. The lowest BCUT2D eigenvalue weighted by Gasteiger charge is -2.27. The number of anilines is 2. The number of nitrogens with zero attached hydrogens (tertiary/aromatic N) is 4. The molecule has 1 amide bonds. The molecule has 0 aliphatic carbocycles. The van der Waals surface area contributed by atoms with Gasteiger partial charge in [-0.2, -0.15) is 0 Å². The number of halogens is 1. The van der Waals surface area contributed by atoms with Crippen molar-refractivity contribution in [1.29, 1.82) is 0 Å². The molecular formula is C19H18ClN5O. The van der Waals surface area contributed by atoms with E-state index in [0.29, 0.717) is 11.6 Å². The molecule has 1 atom stereocenters. The van der Waals surface area contributed by atoms with Gasteiger partial charge in [-0.3, -0.25) is 9.36 Å². The summed E-state index contributed by atoms with van der Waals surface area (Å²) in [7, 11) is 0. The number of aromatic nitrogens is 3. The molecule has 2 N–H and O–H groups in total. The highest BCUT2D eigenvalue weighted by Crippen LogP contribution is 2.39. The largest absolute Gasteiger partial charge is 0.370 e. The van der Waals surface area contributed by atoms with Crippen molar-refractivity contribution in [2.24, 2.45) is 5.73 Å². The zero-order valence-electron chi connectivity index (χ0n) is 14.3. The van der Waals surface area contributed by atoms with Crippen molar-refractivity contribution in [3.63, 3.8) is 0 Å². The van der Waals surface area contributed by atoms with Crippen LogP contribution in [-0.2, 0) is 4.79 Å². The molecule has 1 aromatic heterocycles. The van der Waals surface area contributed by atoms with Gasteiger partial charge in [-0.15, -0.1) is 10.2 Å². The van der Waals surface area contributed by atoms with E-state index in [1.165, 1.54) is 0 Å². The van der Waals surface area contributed by atoms with E-state index in [9.17, 15) is 4.79 Å². The third-order valence-corrected chi connectivity index (χ3v) is 4.87. The lowest BCUT2D eigenvalue weighted by Crippen LogP contribution is -2.26. The van der Waals surface area contributed by atoms with Crippen molar-refractivity contribution >= 4 is 28.9 Å². The first-order valence-electron chi connectivity index (χ1n) is 8.37. The van der Waals surface area contributed by atoms with Crippen molar-refractivity contribution in [3.8, 4) is 5.69 Å². The molecule has 132 valence electrons. The Morgan fingerprint density at radius 2 is 1.85 bits per heavy atom. The molecule has 0 saturated heterocycles. The van der Waals surface area contributed by atoms with Crippen molar-refractivity contribution in [2.45, 2.75) is 19.3 Å². The maximum Gasteiger partial charge on any atom is 0.218 e. The van der Waals surface area contributed by atoms with E-state index in [-0.39, 0.29) is 18.2 Å². The molecule has 0 bridgehead atoms. The minimum Gasteiger partial charge on any atom is -0.370 e. The molecule has 6 nitrogen and oxygen atoms in total. The highest BCUT2D eigenvalue weighted by atomic mass is 35.5. The van der Waals surface area contributed by atoms with Crippen molar-refractivity contribution in [3.05, 3.63) is 65.2 Å². The number of carbonyl (C=O) groups excluding carboxylic acids is 1. The molecule has 0 radical (unpaired) electrons. The number of rotatable bonds is 3. The second kappa shape index (κ2) is 6.46. The fourth-order valence-corrected chi connectivity index (χ4v) is 3.61. The zero-order valence-corrected chi connectivity index (χ0v) is 15.0. The maximum absolute atomic E-state index is 11.7. The van der Waals surface area contributed by atoms with E-state index < -0.39 is 0 Å². The van der Waals surface area contributed by atoms with Crippen LogP contribution in [0.1, 0.15) is 24.0 Å². The van der Waals surface area contributed by atoms with Crippen LogP contribution in [0.4, 0.5) is 11.4 Å². The van der Waals surface area contributed by atoms with E-state index in [4.69, 9.17) is 17.3 Å². The Morgan fingerprint density at radius 1 is 1.15 bits per heavy atom. The lowest BCUT2D eigenvalue weighted by molar-refractivity contribution is -0.118. The Labute approximate surface area is 156 Å². The predicted molar refractivity (Wildman–Crippen MR) is 101 cm³/mol. The Kier molecular flexibility index (Phi) is 4.12. The van der Waals surface area contributed by atoms with Gasteiger partial charge in [-0.25, -0.2) is 0 Å². The van der Waals surface area contributed by atoms with Gasteiger partial charge in [0, 0.05) is 29.6 Å². The van der Waals surface area contributed by atoms with Crippen molar-refractivity contribution in [2.75, 3.05) is 11.4 Å². The first kappa shape index (κ1) is 16.6. The normalized spacial score (nSPS) is 15.9. The summed E-state index contributed by atoms with van der Waals surface area (Å²) in [5.41, 5.74) is 8.51. The first-order valence-corrected chi connectivity index (χ1v) is 8.75. The van der Waals surface area contributed by atoms with Crippen molar-refractivity contribution in [1.82, 2.24) is 14.8 Å². The number of hydrogen-bond acceptors (Lipinski definition) is 4. The molecule has 4 rings (SSSR count). The molecule has 1 aliphatic rings. The van der Waals surface area contributed by atoms with Crippen LogP contribution in [0.25, 0.3) is 5.69 Å². The van der Waals surface area contributed by atoms with E-state index >= 15 is 0 Å². The van der Waals surface area contributed by atoms with Crippen LogP contribution in [0.15, 0.2) is 48.5 Å². The SMILES string of the molecule is Cc1nnc2n1-c1ccccc1N(c1ccc(Cl)cc1)CC2CC(N)=O. The molecule has 2 heterocycles. The van der Waals surface area contributed by atoms with Crippen LogP contribution < -0.4 is 10.6 Å². The summed E-state index contributed by atoms with van der Waals surface area (Å²) in [5, 5.41) is 9.26. The number of benzene rings is 2. The summed E-state index contributed by atoms with van der Waals surface area (Å²) < 4.78 is 2.01. The number of aryl methyl sites for hydroxylation is 1. The zero-order chi connectivity index (χ0) is 18.3. The van der Waals surface area contributed by atoms with E-state index in [0.717, 1.165) is 28.7 Å². The van der Waals surface area contributed by atoms with Crippen molar-refractivity contribution < 1.29 is 4.79 Å². The fourth-order valence-electron chi connectivity index (χ4n) is 3.49. The summed E-state index contributed by atoms with van der Waals surface area (Å²) in [5.74, 6) is 1.01. The van der Waals surface area contributed by atoms with Gasteiger partial charge in [0.15, 0.2) is 0 Å². The summed E-state index contributed by atoms with van der Waals surface area (Å²) in [6.07, 6.45) is 0.205. The van der Waals surface area contributed by atoms with Gasteiger partial charge < -0.3 is 10.6 Å². The average molecular weight is 368 g/mol. The summed E-state index contributed by atoms with van der Waals surface area (Å²) >= 11 is 6.05. The predicted octanol–water partition coefficient (Wildman–Crippen LogP) is 3.34. The summed E-state index contributed by atoms with van der Waals surface area (Å²) in [4.78, 5) is 13.9. The number of nitrogens with two attached hydrogens (primary N) is 1. The van der Waals surface area contributed by atoms with Gasteiger partial charge in [-0.1, -0.05) is 23.7 Å². The van der Waals surface area contributed by atoms with Gasteiger partial charge in [0.05, 0.1) is 11.4 Å². The molecule has 0 spiro atoms. The topological polar surface area (TPSA) is 77.0 Å². The molecular weight excluding hydrogens is 350 g/mol. The third kappa shape index (κ3) is 2.82. The standard InChI is InChI=1S/C19H18ClN5O/c1-12-22-23-19-13(10-18(21)26)11-24(15-8-6-14(20)7-9-15)16-4-2-3-5-17(16)25(12)19/h2-9,13H,10-11H2,1H3,(H2,21,26). The number of primary amides is 1. The Morgan fingerprint density at radius 3 is 2.54 bits per heavy atom. The van der Waals surface area contributed by atoms with Gasteiger partial charge >= 0.3 is 0 Å². The number of amides is 1. The third-order valence-electron chi connectivity index (χ3n) is 4.62. The van der Waals surface area contributed by atoms with Crippen LogP contribution >= 0.6 is 11.6 Å². The maximum atomic E-state index is 11.7. The van der Waals surface area contributed by atoms with Crippen LogP contribution in [0.2, 0.25) is 5.02 Å². The van der Waals surface area contributed by atoms with Crippen LogP contribution in [0.5, 0.6) is 0 Å². The fraction of sp³-hybridized carbons (Fsp3) is 0.211. The molecule has 26 heavy (non-hydrogen) atoms. The first-order chi connectivity index (χ1) is 12.5. The second-order valence-corrected chi connectivity index (χ2v) is 6.82. The van der Waals surface area contributed by atoms with Gasteiger partial charge in [-0.05, 0) is 43.3 Å². The number of carbonyl (C=O) groups is 1. The lowest BCUT2D eigenvalue weighted by atomic mass is 10.0. The van der Waals surface area contributed by atoms with E-state index in [1.807, 2.05) is 54.0 Å². The molecule has 1 aliphatic heterocycles. The monoisotopic (exact) mass is 367 g/mol. The summed E-state index contributed by atoms with van der Waals surface area (Å²) in [6.45, 7) is 2.48. The van der Waals surface area contributed by atoms with Crippen LogP contribution in [-0.4, -0.2) is 27.2 Å². The quantitative estimate of drug-likeness (QED) is 0.770. The smallest absolute Gasteiger partial charge is 0.218 e. The Hall–Kier alpha value is -2.86. The minimum atomic E-state index is -0.357. The molecule has 7 heteroatoms. The van der Waals surface area contributed by atoms with Gasteiger partial charge in [0.1, 0.15) is 11.6 Å². The van der Waals surface area contributed by atoms with Gasteiger partial charge in [0.2, 0.25) is 5.91 Å². The van der Waals surface area contributed by atoms with Gasteiger partial charge in [0.25, 0.3) is 0 Å². The molecule has 2 aromatic carbocycles. The Balaban J connectivity index is 1.92. The number of hydrogen-bond donors (Lipinski definition) is 1. The van der Waals surface area contributed by atoms with Crippen LogP contribution in [0, 0.1) is 6.92 Å². The van der Waals surface area contributed by atoms with Crippen LogP contribution in [0.3, 0.4) is 0 Å². The molecule has 3 aromatic rings.